The fraction of sp³-hybridized carbons (Fsp3) is 0.714. The Hall–Kier alpha value is -1.33. The van der Waals surface area contributed by atoms with Crippen LogP contribution in [0.15, 0.2) is 0 Å². The lowest BCUT2D eigenvalue weighted by atomic mass is 10.1. The maximum atomic E-state index is 14.2. The lowest BCUT2D eigenvalue weighted by Crippen LogP contribution is -2.29. The molecule has 1 nitrogen and oxygen atoms in total. The van der Waals surface area contributed by atoms with Crippen LogP contribution in [0.2, 0.25) is 0 Å². The van der Waals surface area contributed by atoms with Crippen molar-refractivity contribution in [2.75, 3.05) is 18.0 Å². The number of rotatable bonds is 14. The molecule has 0 aliphatic heterocycles. The van der Waals surface area contributed by atoms with Gasteiger partial charge in [-0.1, -0.05) is 71.6 Å². The van der Waals surface area contributed by atoms with E-state index in [1.165, 1.54) is 11.3 Å². The summed E-state index contributed by atoms with van der Waals surface area (Å²) < 4.78 is 68.8. The van der Waals surface area contributed by atoms with Gasteiger partial charge in [0.05, 0.1) is 0 Å². The summed E-state index contributed by atoms with van der Waals surface area (Å²) in [6.45, 7) is 4.76. The third-order valence-electron chi connectivity index (χ3n) is 4.82. The molecule has 0 radical (unpaired) electrons. The SMILES string of the molecule is CCCCCCCCCN(CCCCCC)c1c(F)c(F)c(F)c(F)c1F. The van der Waals surface area contributed by atoms with Gasteiger partial charge in [-0.15, -0.1) is 0 Å². The molecule has 0 unspecified atom stereocenters. The van der Waals surface area contributed by atoms with Gasteiger partial charge in [-0.3, -0.25) is 0 Å². The minimum atomic E-state index is -2.10. The van der Waals surface area contributed by atoms with E-state index >= 15 is 0 Å². The van der Waals surface area contributed by atoms with Crippen LogP contribution in [-0.4, -0.2) is 13.1 Å². The number of unbranched alkanes of at least 4 members (excludes halogenated alkanes) is 9. The molecule has 6 heteroatoms. The molecule has 0 aliphatic rings. The van der Waals surface area contributed by atoms with E-state index in [0.29, 0.717) is 12.8 Å². The Morgan fingerprint density at radius 1 is 0.481 bits per heavy atom. The highest BCUT2D eigenvalue weighted by Gasteiger charge is 2.28. The summed E-state index contributed by atoms with van der Waals surface area (Å²) in [4.78, 5) is 1.33. The topological polar surface area (TPSA) is 3.24 Å². The van der Waals surface area contributed by atoms with Crippen LogP contribution in [0.1, 0.15) is 84.5 Å². The van der Waals surface area contributed by atoms with E-state index in [1.54, 1.807) is 0 Å². The second kappa shape index (κ2) is 12.9. The minimum Gasteiger partial charge on any atom is -0.367 e. The molecule has 0 fully saturated rings. The van der Waals surface area contributed by atoms with E-state index in [-0.39, 0.29) is 13.1 Å². The van der Waals surface area contributed by atoms with Crippen molar-refractivity contribution in [3.05, 3.63) is 29.1 Å². The first-order valence-corrected chi connectivity index (χ1v) is 10.2. The van der Waals surface area contributed by atoms with Crippen LogP contribution >= 0.6 is 0 Å². The molecule has 1 rings (SSSR count). The van der Waals surface area contributed by atoms with E-state index in [2.05, 4.69) is 6.92 Å². The Bertz CT molecular complexity index is 533. The van der Waals surface area contributed by atoms with Crippen LogP contribution in [0, 0.1) is 29.1 Å². The first kappa shape index (κ1) is 23.7. The average molecular weight is 393 g/mol. The molecule has 1 aromatic rings. The van der Waals surface area contributed by atoms with Crippen molar-refractivity contribution in [2.24, 2.45) is 0 Å². The fourth-order valence-corrected chi connectivity index (χ4v) is 3.20. The molecule has 156 valence electrons. The van der Waals surface area contributed by atoms with Crippen molar-refractivity contribution in [2.45, 2.75) is 84.5 Å². The fourth-order valence-electron chi connectivity index (χ4n) is 3.20. The zero-order valence-corrected chi connectivity index (χ0v) is 16.5. The number of halogens is 5. The maximum Gasteiger partial charge on any atom is 0.200 e. The summed E-state index contributed by atoms with van der Waals surface area (Å²) in [6.07, 6.45) is 10.7. The monoisotopic (exact) mass is 393 g/mol. The summed E-state index contributed by atoms with van der Waals surface area (Å²) >= 11 is 0. The largest absolute Gasteiger partial charge is 0.367 e. The van der Waals surface area contributed by atoms with Crippen molar-refractivity contribution in [1.29, 1.82) is 0 Å². The van der Waals surface area contributed by atoms with E-state index in [1.807, 2.05) is 6.92 Å². The van der Waals surface area contributed by atoms with E-state index < -0.39 is 34.8 Å². The lowest BCUT2D eigenvalue weighted by Gasteiger charge is -2.26. The third kappa shape index (κ3) is 7.30. The van der Waals surface area contributed by atoms with Crippen LogP contribution < -0.4 is 4.90 Å². The first-order valence-electron chi connectivity index (χ1n) is 10.2. The van der Waals surface area contributed by atoms with Crippen molar-refractivity contribution in [3.63, 3.8) is 0 Å². The Morgan fingerprint density at radius 2 is 0.815 bits per heavy atom. The molecule has 0 aromatic heterocycles. The minimum absolute atomic E-state index is 0.286. The number of anilines is 1. The van der Waals surface area contributed by atoms with Gasteiger partial charge in [0.25, 0.3) is 0 Å². The summed E-state index contributed by atoms with van der Waals surface area (Å²) in [6, 6.07) is 0. The second-order valence-electron chi connectivity index (χ2n) is 7.09. The van der Waals surface area contributed by atoms with Gasteiger partial charge in [-0.05, 0) is 12.8 Å². The van der Waals surface area contributed by atoms with Crippen LogP contribution in [0.25, 0.3) is 0 Å². The molecule has 0 aliphatic carbocycles. The van der Waals surface area contributed by atoms with Gasteiger partial charge >= 0.3 is 0 Å². The van der Waals surface area contributed by atoms with Crippen molar-refractivity contribution in [1.82, 2.24) is 0 Å². The second-order valence-corrected chi connectivity index (χ2v) is 7.09. The molecule has 0 N–H and O–H groups in total. The van der Waals surface area contributed by atoms with Gasteiger partial charge in [0, 0.05) is 13.1 Å². The number of benzene rings is 1. The predicted molar refractivity (Wildman–Crippen MR) is 101 cm³/mol. The van der Waals surface area contributed by atoms with Crippen LogP contribution in [0.5, 0.6) is 0 Å². The molecule has 0 saturated heterocycles. The summed E-state index contributed by atoms with van der Waals surface area (Å²) in [5, 5.41) is 0. The van der Waals surface area contributed by atoms with Gasteiger partial charge in [0.15, 0.2) is 23.3 Å². The first-order chi connectivity index (χ1) is 13.0. The highest BCUT2D eigenvalue weighted by molar-refractivity contribution is 5.50. The summed E-state index contributed by atoms with van der Waals surface area (Å²) in [5.74, 6) is -9.31. The van der Waals surface area contributed by atoms with Gasteiger partial charge in [-0.25, -0.2) is 22.0 Å². The van der Waals surface area contributed by atoms with Gasteiger partial charge < -0.3 is 4.90 Å². The Morgan fingerprint density at radius 3 is 1.26 bits per heavy atom. The summed E-state index contributed by atoms with van der Waals surface area (Å²) in [5.41, 5.74) is -0.783. The van der Waals surface area contributed by atoms with Crippen molar-refractivity contribution < 1.29 is 22.0 Å². The van der Waals surface area contributed by atoms with Crippen molar-refractivity contribution >= 4 is 5.69 Å². The summed E-state index contributed by atoms with van der Waals surface area (Å²) in [7, 11) is 0. The van der Waals surface area contributed by atoms with Crippen LogP contribution in [0.4, 0.5) is 27.6 Å². The third-order valence-corrected chi connectivity index (χ3v) is 4.82. The van der Waals surface area contributed by atoms with E-state index in [9.17, 15) is 22.0 Å². The van der Waals surface area contributed by atoms with Crippen LogP contribution in [-0.2, 0) is 0 Å². The van der Waals surface area contributed by atoms with E-state index in [0.717, 1.165) is 51.4 Å². The molecule has 1 aromatic carbocycles. The van der Waals surface area contributed by atoms with Gasteiger partial charge in [0.1, 0.15) is 5.69 Å². The van der Waals surface area contributed by atoms with Crippen LogP contribution in [0.3, 0.4) is 0 Å². The smallest absolute Gasteiger partial charge is 0.200 e. The molecule has 0 spiro atoms. The predicted octanol–water partition coefficient (Wildman–Crippen LogP) is 7.52. The number of nitrogens with zero attached hydrogens (tertiary/aromatic N) is 1. The lowest BCUT2D eigenvalue weighted by molar-refractivity contribution is 0.377. The molecular weight excluding hydrogens is 361 g/mol. The zero-order valence-electron chi connectivity index (χ0n) is 16.5. The molecule has 27 heavy (non-hydrogen) atoms. The number of hydrogen-bond acceptors (Lipinski definition) is 1. The zero-order chi connectivity index (χ0) is 20.2. The molecule has 0 saturated carbocycles. The molecule has 0 heterocycles. The van der Waals surface area contributed by atoms with E-state index in [4.69, 9.17) is 0 Å². The van der Waals surface area contributed by atoms with Gasteiger partial charge in [-0.2, -0.15) is 0 Å². The molecule has 0 atom stereocenters. The maximum absolute atomic E-state index is 14.2. The Balaban J connectivity index is 2.80. The quantitative estimate of drug-likeness (QED) is 0.137. The molecular formula is C21H32F5N. The molecule has 0 bridgehead atoms. The highest BCUT2D eigenvalue weighted by atomic mass is 19.2. The Kier molecular flexibility index (Phi) is 11.4. The highest BCUT2D eigenvalue weighted by Crippen LogP contribution is 2.31. The standard InChI is InChI=1S/C21H32F5N/c1-3-5-7-9-10-11-13-15-27(14-12-8-6-4-2)21-19(25)17(23)16(22)18(24)20(21)26/h3-15H2,1-2H3. The molecule has 0 amide bonds. The average Bonchev–Trinajstić information content (AvgIpc) is 2.67. The normalized spacial score (nSPS) is 11.2. The van der Waals surface area contributed by atoms with Crippen molar-refractivity contribution in [3.8, 4) is 0 Å². The number of hydrogen-bond donors (Lipinski definition) is 0. The Labute approximate surface area is 159 Å². The van der Waals surface area contributed by atoms with Gasteiger partial charge in [0.2, 0.25) is 5.82 Å².